The number of hydrogen-bond acceptors (Lipinski definition) is 6. The fourth-order valence-electron chi connectivity index (χ4n) is 3.61. The van der Waals surface area contributed by atoms with E-state index in [4.69, 9.17) is 11.6 Å². The first-order chi connectivity index (χ1) is 14.5. The highest BCUT2D eigenvalue weighted by Crippen LogP contribution is 2.31. The Morgan fingerprint density at radius 1 is 1.27 bits per heavy atom. The maximum Gasteiger partial charge on any atom is 0.273 e. The normalized spacial score (nSPS) is 21.7. The van der Waals surface area contributed by atoms with Gasteiger partial charge in [-0.2, -0.15) is 5.10 Å². The van der Waals surface area contributed by atoms with Crippen LogP contribution < -0.4 is 5.32 Å². The Balaban J connectivity index is 1.34. The number of carbonyl (C=O) groups is 2. The van der Waals surface area contributed by atoms with Crippen molar-refractivity contribution in [2.75, 3.05) is 6.54 Å². The lowest BCUT2D eigenvalue weighted by atomic mass is 10.0. The molecule has 2 aliphatic rings. The minimum atomic E-state index is -0.179. The molecule has 1 aliphatic carbocycles. The fraction of sp³-hybridized carbons (Fsp3) is 0.421. The van der Waals surface area contributed by atoms with Gasteiger partial charge < -0.3 is 10.2 Å². The van der Waals surface area contributed by atoms with Crippen LogP contribution >= 0.6 is 45.5 Å². The second-order valence-corrected chi connectivity index (χ2v) is 10.3. The van der Waals surface area contributed by atoms with Crippen molar-refractivity contribution in [2.45, 2.75) is 35.8 Å². The predicted molar refractivity (Wildman–Crippen MR) is 122 cm³/mol. The van der Waals surface area contributed by atoms with Crippen molar-refractivity contribution < 1.29 is 9.59 Å². The van der Waals surface area contributed by atoms with E-state index in [1.165, 1.54) is 17.4 Å². The number of carbonyl (C=O) groups excluding carboxylic acids is 2. The first kappa shape index (κ1) is 20.1. The number of nitrogens with zero attached hydrogens (tertiary/aromatic N) is 5. The minimum absolute atomic E-state index is 0.0364. The van der Waals surface area contributed by atoms with Gasteiger partial charge in [0.1, 0.15) is 15.7 Å². The summed E-state index contributed by atoms with van der Waals surface area (Å²) in [5.41, 5.74) is 1.01. The highest BCUT2D eigenvalue weighted by atomic mass is 127. The lowest BCUT2D eigenvalue weighted by Gasteiger charge is -2.36. The molecule has 3 aromatic heterocycles. The lowest BCUT2D eigenvalue weighted by molar-refractivity contribution is -0.123. The number of likely N-dealkylation sites (tertiary alicyclic amines) is 1. The average molecular weight is 557 g/mol. The Bertz CT molecular complexity index is 1130. The lowest BCUT2D eigenvalue weighted by Crippen LogP contribution is -2.50. The molecule has 30 heavy (non-hydrogen) atoms. The summed E-state index contributed by atoms with van der Waals surface area (Å²) < 4.78 is 1.71. The monoisotopic (exact) mass is 556 g/mol. The number of halogens is 2. The van der Waals surface area contributed by atoms with Gasteiger partial charge in [0.05, 0.1) is 15.8 Å². The van der Waals surface area contributed by atoms with Crippen LogP contribution in [-0.2, 0) is 4.79 Å². The van der Waals surface area contributed by atoms with Crippen molar-refractivity contribution >= 4 is 62.2 Å². The van der Waals surface area contributed by atoms with E-state index >= 15 is 0 Å². The third kappa shape index (κ3) is 3.92. The summed E-state index contributed by atoms with van der Waals surface area (Å²) in [6, 6.07) is 1.61. The number of amides is 2. The van der Waals surface area contributed by atoms with Gasteiger partial charge in [-0.05, 0) is 25.7 Å². The van der Waals surface area contributed by atoms with Gasteiger partial charge in [-0.15, -0.1) is 11.3 Å². The molecule has 0 aromatic carbocycles. The number of thiazole rings is 1. The van der Waals surface area contributed by atoms with Gasteiger partial charge in [-0.3, -0.25) is 9.59 Å². The van der Waals surface area contributed by atoms with Crippen LogP contribution in [0.25, 0.3) is 16.2 Å². The maximum atomic E-state index is 13.2. The number of nitrogens with one attached hydrogen (secondary N) is 1. The van der Waals surface area contributed by atoms with Crippen LogP contribution in [0.15, 0.2) is 23.8 Å². The Labute approximate surface area is 195 Å². The van der Waals surface area contributed by atoms with Crippen LogP contribution in [0.2, 0.25) is 5.15 Å². The first-order valence-electron chi connectivity index (χ1n) is 9.71. The maximum absolute atomic E-state index is 13.2. The molecule has 156 valence electrons. The standard InChI is InChI=1S/C19H18ClIN6O2S/c20-14-8-13(24-16(25-14)12-9-22-27-5-6-30-19(12)27)18(29)26-4-3-11(7-15(26)21)23-17(28)10-1-2-10/h5-6,8-11,15H,1-4,7H2,(H,23,28). The summed E-state index contributed by atoms with van der Waals surface area (Å²) in [7, 11) is 0. The second kappa shape index (κ2) is 8.04. The molecule has 2 atom stereocenters. The number of alkyl halides is 1. The van der Waals surface area contributed by atoms with E-state index in [0.29, 0.717) is 12.4 Å². The topological polar surface area (TPSA) is 92.5 Å². The molecule has 0 spiro atoms. The summed E-state index contributed by atoms with van der Waals surface area (Å²) >= 11 is 10.0. The summed E-state index contributed by atoms with van der Waals surface area (Å²) in [6.07, 6.45) is 6.96. The van der Waals surface area contributed by atoms with E-state index in [0.717, 1.165) is 36.1 Å². The molecule has 4 heterocycles. The van der Waals surface area contributed by atoms with Crippen molar-refractivity contribution in [2.24, 2.45) is 5.92 Å². The molecule has 2 amide bonds. The molecule has 1 saturated heterocycles. The second-order valence-electron chi connectivity index (χ2n) is 7.55. The van der Waals surface area contributed by atoms with Crippen LogP contribution in [0.3, 0.4) is 0 Å². The molecule has 1 saturated carbocycles. The Morgan fingerprint density at radius 3 is 2.87 bits per heavy atom. The highest BCUT2D eigenvalue weighted by molar-refractivity contribution is 14.1. The first-order valence-corrected chi connectivity index (χ1v) is 12.2. The van der Waals surface area contributed by atoms with Gasteiger partial charge >= 0.3 is 0 Å². The van der Waals surface area contributed by atoms with E-state index in [9.17, 15) is 9.59 Å². The van der Waals surface area contributed by atoms with E-state index < -0.39 is 0 Å². The molecule has 8 nitrogen and oxygen atoms in total. The quantitative estimate of drug-likeness (QED) is 0.230. The number of hydrogen-bond donors (Lipinski definition) is 1. The van der Waals surface area contributed by atoms with Crippen LogP contribution in [0.4, 0.5) is 0 Å². The Morgan fingerprint density at radius 2 is 2.10 bits per heavy atom. The molecule has 2 unspecified atom stereocenters. The van der Waals surface area contributed by atoms with E-state index in [2.05, 4.69) is 43.0 Å². The number of fused-ring (bicyclic) bond motifs is 1. The summed E-state index contributed by atoms with van der Waals surface area (Å²) in [4.78, 5) is 36.8. The van der Waals surface area contributed by atoms with Crippen LogP contribution in [0.1, 0.15) is 36.2 Å². The molecule has 0 bridgehead atoms. The van der Waals surface area contributed by atoms with Crippen molar-refractivity contribution in [3.8, 4) is 11.4 Å². The van der Waals surface area contributed by atoms with Gasteiger partial charge in [-0.1, -0.05) is 34.2 Å². The van der Waals surface area contributed by atoms with Gasteiger partial charge in [0.25, 0.3) is 5.91 Å². The fourth-order valence-corrected chi connectivity index (χ4v) is 5.74. The third-order valence-electron chi connectivity index (χ3n) is 5.38. The third-order valence-corrected chi connectivity index (χ3v) is 7.64. The van der Waals surface area contributed by atoms with Crippen molar-refractivity contribution in [1.82, 2.24) is 29.8 Å². The molecule has 11 heteroatoms. The zero-order chi connectivity index (χ0) is 20.8. The van der Waals surface area contributed by atoms with Crippen LogP contribution in [0.5, 0.6) is 0 Å². The zero-order valence-corrected chi connectivity index (χ0v) is 19.5. The predicted octanol–water partition coefficient (Wildman–Crippen LogP) is 3.40. The molecule has 3 aromatic rings. The van der Waals surface area contributed by atoms with Gasteiger partial charge in [-0.25, -0.2) is 14.5 Å². The Kier molecular flexibility index (Phi) is 5.40. The van der Waals surface area contributed by atoms with Crippen molar-refractivity contribution in [3.05, 3.63) is 34.7 Å². The molecular weight excluding hydrogens is 539 g/mol. The SMILES string of the molecule is O=C(NC1CCN(C(=O)c2cc(Cl)nc(-c3cnn4ccsc34)n2)C(I)C1)C1CC1. The van der Waals surface area contributed by atoms with Crippen LogP contribution in [-0.4, -0.2) is 52.9 Å². The number of rotatable bonds is 4. The summed E-state index contributed by atoms with van der Waals surface area (Å²) in [6.45, 7) is 0.558. The van der Waals surface area contributed by atoms with E-state index in [-0.39, 0.29) is 38.7 Å². The van der Waals surface area contributed by atoms with E-state index in [1.807, 2.05) is 11.6 Å². The largest absolute Gasteiger partial charge is 0.353 e. The molecule has 5 rings (SSSR count). The molecule has 0 radical (unpaired) electrons. The average Bonchev–Trinajstić information content (AvgIpc) is 3.34. The van der Waals surface area contributed by atoms with Crippen molar-refractivity contribution in [3.63, 3.8) is 0 Å². The van der Waals surface area contributed by atoms with Gasteiger partial charge in [0.2, 0.25) is 5.91 Å². The number of piperidine rings is 1. The molecule has 1 N–H and O–H groups in total. The van der Waals surface area contributed by atoms with Gasteiger partial charge in [0.15, 0.2) is 5.82 Å². The van der Waals surface area contributed by atoms with Gasteiger partial charge in [0, 0.05) is 36.1 Å². The highest BCUT2D eigenvalue weighted by Gasteiger charge is 2.35. The number of aromatic nitrogens is 4. The smallest absolute Gasteiger partial charge is 0.273 e. The molecule has 1 aliphatic heterocycles. The Hall–Kier alpha value is -1.79. The minimum Gasteiger partial charge on any atom is -0.353 e. The molecular formula is C19H18ClIN6O2S. The van der Waals surface area contributed by atoms with E-state index in [1.54, 1.807) is 15.6 Å². The zero-order valence-electron chi connectivity index (χ0n) is 15.8. The molecule has 2 fully saturated rings. The summed E-state index contributed by atoms with van der Waals surface area (Å²) in [5, 5.41) is 9.55. The van der Waals surface area contributed by atoms with Crippen molar-refractivity contribution in [1.29, 1.82) is 0 Å². The summed E-state index contributed by atoms with van der Waals surface area (Å²) in [5.74, 6) is 0.552. The van der Waals surface area contributed by atoms with Crippen LogP contribution in [0, 0.1) is 5.92 Å².